The van der Waals surface area contributed by atoms with Crippen molar-refractivity contribution in [3.63, 3.8) is 0 Å². The van der Waals surface area contributed by atoms with E-state index in [1.165, 1.54) is 16.7 Å². The molecule has 0 amide bonds. The summed E-state index contributed by atoms with van der Waals surface area (Å²) in [5.74, 6) is 0. The van der Waals surface area contributed by atoms with Crippen molar-refractivity contribution < 1.29 is 4.79 Å². The molecule has 2 aromatic rings. The maximum absolute atomic E-state index is 11.2. The fraction of sp³-hybridized carbons (Fsp3) is 0.235. The summed E-state index contributed by atoms with van der Waals surface area (Å²) in [4.78, 5) is 12.4. The number of hydrogen-bond acceptors (Lipinski definition) is 2. The van der Waals surface area contributed by atoms with Crippen LogP contribution in [0.2, 0.25) is 0 Å². The Hall–Kier alpha value is -1.54. The zero-order valence-corrected chi connectivity index (χ0v) is 12.1. The molecule has 0 saturated carbocycles. The Kier molecular flexibility index (Phi) is 4.80. The number of aldehydes is 1. The molecule has 1 nitrogen and oxygen atoms in total. The lowest BCUT2D eigenvalue weighted by atomic mass is 10.1. The van der Waals surface area contributed by atoms with Gasteiger partial charge in [-0.1, -0.05) is 47.5 Å². The first-order chi connectivity index (χ1) is 9.17. The number of aryl methyl sites for hydroxylation is 2. The molecular formula is C17H18OS. The van der Waals surface area contributed by atoms with Crippen molar-refractivity contribution >= 4 is 18.0 Å². The summed E-state index contributed by atoms with van der Waals surface area (Å²) < 4.78 is 0. The second-order valence-corrected chi connectivity index (χ2v) is 6.11. The van der Waals surface area contributed by atoms with Gasteiger partial charge in [-0.15, -0.1) is 11.8 Å². The quantitative estimate of drug-likeness (QED) is 0.598. The normalized spacial score (nSPS) is 12.1. The van der Waals surface area contributed by atoms with Crippen LogP contribution in [0.4, 0.5) is 0 Å². The molecule has 0 N–H and O–H groups in total. The molecule has 0 aliphatic carbocycles. The lowest BCUT2D eigenvalue weighted by molar-refractivity contribution is -0.107. The Bertz CT molecular complexity index is 545. The second-order valence-electron chi connectivity index (χ2n) is 4.80. The maximum atomic E-state index is 11.2. The Labute approximate surface area is 119 Å². The van der Waals surface area contributed by atoms with Crippen molar-refractivity contribution in [1.82, 2.24) is 0 Å². The van der Waals surface area contributed by atoms with Crippen LogP contribution < -0.4 is 0 Å². The van der Waals surface area contributed by atoms with Crippen LogP contribution in [-0.4, -0.2) is 11.5 Å². The number of rotatable bonds is 5. The van der Waals surface area contributed by atoms with Gasteiger partial charge in [-0.05, 0) is 38.0 Å². The van der Waals surface area contributed by atoms with Crippen LogP contribution in [0.25, 0.3) is 0 Å². The summed E-state index contributed by atoms with van der Waals surface area (Å²) in [6, 6.07) is 16.7. The Morgan fingerprint density at radius 1 is 1.05 bits per heavy atom. The van der Waals surface area contributed by atoms with Crippen molar-refractivity contribution in [3.8, 4) is 0 Å². The highest BCUT2D eigenvalue weighted by Gasteiger charge is 2.10. The number of thioether (sulfide) groups is 1. The predicted molar refractivity (Wildman–Crippen MR) is 81.8 cm³/mol. The Morgan fingerprint density at radius 3 is 2.42 bits per heavy atom. The topological polar surface area (TPSA) is 17.1 Å². The van der Waals surface area contributed by atoms with Crippen LogP contribution >= 0.6 is 11.8 Å². The average molecular weight is 270 g/mol. The molecule has 0 bridgehead atoms. The van der Waals surface area contributed by atoms with E-state index in [4.69, 9.17) is 0 Å². The van der Waals surface area contributed by atoms with Crippen molar-refractivity contribution in [2.45, 2.75) is 30.4 Å². The van der Waals surface area contributed by atoms with Crippen LogP contribution in [0.3, 0.4) is 0 Å². The first kappa shape index (κ1) is 13.9. The molecular weight excluding hydrogens is 252 g/mol. The third kappa shape index (κ3) is 4.25. The number of benzene rings is 2. The second kappa shape index (κ2) is 6.58. The van der Waals surface area contributed by atoms with Gasteiger partial charge in [0.1, 0.15) is 6.29 Å². The summed E-state index contributed by atoms with van der Waals surface area (Å²) in [7, 11) is 0. The molecule has 0 spiro atoms. The first-order valence-electron chi connectivity index (χ1n) is 6.41. The van der Waals surface area contributed by atoms with Gasteiger partial charge in [0.05, 0.1) is 5.25 Å². The first-order valence-corrected chi connectivity index (χ1v) is 7.29. The summed E-state index contributed by atoms with van der Waals surface area (Å²) in [6.45, 7) is 4.14. The van der Waals surface area contributed by atoms with Crippen molar-refractivity contribution in [2.75, 3.05) is 0 Å². The molecule has 98 valence electrons. The zero-order valence-electron chi connectivity index (χ0n) is 11.3. The summed E-state index contributed by atoms with van der Waals surface area (Å²) in [5, 5.41) is -0.0236. The van der Waals surface area contributed by atoms with E-state index in [1.807, 2.05) is 6.07 Å². The predicted octanol–water partition coefficient (Wildman–Crippen LogP) is 4.21. The molecule has 2 heteroatoms. The molecule has 0 aromatic heterocycles. The largest absolute Gasteiger partial charge is 0.302 e. The number of carbonyl (C=O) groups excluding carboxylic acids is 1. The van der Waals surface area contributed by atoms with E-state index in [9.17, 15) is 4.79 Å². The van der Waals surface area contributed by atoms with E-state index >= 15 is 0 Å². The van der Waals surface area contributed by atoms with E-state index in [0.29, 0.717) is 0 Å². The molecule has 0 fully saturated rings. The van der Waals surface area contributed by atoms with E-state index in [0.717, 1.165) is 17.6 Å². The smallest absolute Gasteiger partial charge is 0.133 e. The minimum atomic E-state index is -0.0236. The molecule has 0 saturated heterocycles. The third-order valence-corrected chi connectivity index (χ3v) is 4.09. The van der Waals surface area contributed by atoms with E-state index < -0.39 is 0 Å². The van der Waals surface area contributed by atoms with Gasteiger partial charge in [0.15, 0.2) is 0 Å². The van der Waals surface area contributed by atoms with Gasteiger partial charge in [-0.25, -0.2) is 0 Å². The SMILES string of the molecule is Cc1ccc(CC(C=O)Sc2cccc(C)c2)cc1. The fourth-order valence-corrected chi connectivity index (χ4v) is 3.03. The third-order valence-electron chi connectivity index (χ3n) is 2.99. The lowest BCUT2D eigenvalue weighted by Crippen LogP contribution is -2.08. The highest BCUT2D eigenvalue weighted by atomic mass is 32.2. The van der Waals surface area contributed by atoms with Crippen molar-refractivity contribution in [2.24, 2.45) is 0 Å². The monoisotopic (exact) mass is 270 g/mol. The van der Waals surface area contributed by atoms with Crippen molar-refractivity contribution in [1.29, 1.82) is 0 Å². The van der Waals surface area contributed by atoms with E-state index in [-0.39, 0.29) is 5.25 Å². The van der Waals surface area contributed by atoms with Crippen LogP contribution in [0, 0.1) is 13.8 Å². The minimum absolute atomic E-state index is 0.0236. The molecule has 0 radical (unpaired) electrons. The molecule has 2 aromatic carbocycles. The molecule has 0 aliphatic heterocycles. The number of hydrogen-bond donors (Lipinski definition) is 0. The maximum Gasteiger partial charge on any atom is 0.133 e. The zero-order chi connectivity index (χ0) is 13.7. The van der Waals surface area contributed by atoms with E-state index in [1.54, 1.807) is 11.8 Å². The Morgan fingerprint density at radius 2 is 1.79 bits per heavy atom. The van der Waals surface area contributed by atoms with Crippen LogP contribution in [0.1, 0.15) is 16.7 Å². The fourth-order valence-electron chi connectivity index (χ4n) is 1.94. The van der Waals surface area contributed by atoms with Gasteiger partial charge in [0.2, 0.25) is 0 Å². The van der Waals surface area contributed by atoms with Gasteiger partial charge in [-0.3, -0.25) is 0 Å². The van der Waals surface area contributed by atoms with Gasteiger partial charge in [-0.2, -0.15) is 0 Å². The molecule has 1 unspecified atom stereocenters. The summed E-state index contributed by atoms with van der Waals surface area (Å²) in [6.07, 6.45) is 1.83. The molecule has 2 rings (SSSR count). The lowest BCUT2D eigenvalue weighted by Gasteiger charge is -2.11. The molecule has 0 heterocycles. The number of carbonyl (C=O) groups is 1. The van der Waals surface area contributed by atoms with E-state index in [2.05, 4.69) is 56.3 Å². The standard InChI is InChI=1S/C17H18OS/c1-13-6-8-15(9-7-13)11-17(12-18)19-16-5-3-4-14(2)10-16/h3-10,12,17H,11H2,1-2H3. The van der Waals surface area contributed by atoms with Gasteiger partial charge < -0.3 is 4.79 Å². The molecule has 0 aliphatic rings. The summed E-state index contributed by atoms with van der Waals surface area (Å²) in [5.41, 5.74) is 3.69. The Balaban J connectivity index is 2.04. The van der Waals surface area contributed by atoms with Gasteiger partial charge in [0.25, 0.3) is 0 Å². The van der Waals surface area contributed by atoms with Gasteiger partial charge in [0, 0.05) is 4.90 Å². The average Bonchev–Trinajstić information content (AvgIpc) is 2.40. The molecule has 1 atom stereocenters. The van der Waals surface area contributed by atoms with Gasteiger partial charge >= 0.3 is 0 Å². The van der Waals surface area contributed by atoms with Crippen LogP contribution in [0.15, 0.2) is 53.4 Å². The van der Waals surface area contributed by atoms with Crippen LogP contribution in [-0.2, 0) is 11.2 Å². The van der Waals surface area contributed by atoms with Crippen LogP contribution in [0.5, 0.6) is 0 Å². The highest BCUT2D eigenvalue weighted by molar-refractivity contribution is 8.00. The summed E-state index contributed by atoms with van der Waals surface area (Å²) >= 11 is 1.63. The van der Waals surface area contributed by atoms with Crippen molar-refractivity contribution in [3.05, 3.63) is 65.2 Å². The highest BCUT2D eigenvalue weighted by Crippen LogP contribution is 2.25. The molecule has 19 heavy (non-hydrogen) atoms. The minimum Gasteiger partial charge on any atom is -0.302 e.